The highest BCUT2D eigenvalue weighted by molar-refractivity contribution is 9.10. The normalized spacial score (nSPS) is 22.2. The number of ether oxygens (including phenoxy) is 1. The van der Waals surface area contributed by atoms with Crippen molar-refractivity contribution in [3.8, 4) is 0 Å². The monoisotopic (exact) mass is 234 g/mol. The Kier molecular flexibility index (Phi) is 4.22. The number of hydrogen-bond acceptors (Lipinski definition) is 2. The Morgan fingerprint density at radius 2 is 2.17 bits per heavy atom. The van der Waals surface area contributed by atoms with Gasteiger partial charge in [0.05, 0.1) is 4.83 Å². The number of hydrogen-bond donors (Lipinski definition) is 0. The van der Waals surface area contributed by atoms with Gasteiger partial charge in [-0.15, -0.1) is 0 Å². The fraction of sp³-hybridized carbons (Fsp3) is 0.889. The van der Waals surface area contributed by atoms with E-state index in [9.17, 15) is 4.79 Å². The summed E-state index contributed by atoms with van der Waals surface area (Å²) >= 11 is 3.39. The van der Waals surface area contributed by atoms with Gasteiger partial charge < -0.3 is 4.74 Å². The van der Waals surface area contributed by atoms with E-state index in [2.05, 4.69) is 15.9 Å². The lowest BCUT2D eigenvalue weighted by Gasteiger charge is -2.23. The van der Waals surface area contributed by atoms with Crippen molar-refractivity contribution < 1.29 is 9.53 Å². The van der Waals surface area contributed by atoms with Crippen molar-refractivity contribution in [3.63, 3.8) is 0 Å². The lowest BCUT2D eigenvalue weighted by Crippen LogP contribution is -2.21. The zero-order valence-electron chi connectivity index (χ0n) is 7.38. The van der Waals surface area contributed by atoms with Crippen LogP contribution in [0.1, 0.15) is 26.2 Å². The van der Waals surface area contributed by atoms with E-state index in [0.29, 0.717) is 5.92 Å². The second-order valence-corrected chi connectivity index (χ2v) is 4.47. The summed E-state index contributed by atoms with van der Waals surface area (Å²) in [5, 5.41) is 0. The molecule has 0 radical (unpaired) electrons. The number of carbonyl (C=O) groups excluding carboxylic acids is 1. The van der Waals surface area contributed by atoms with Crippen LogP contribution in [0.2, 0.25) is 0 Å². The highest BCUT2D eigenvalue weighted by atomic mass is 79.9. The molecule has 1 aliphatic rings. The van der Waals surface area contributed by atoms with Gasteiger partial charge in [0.2, 0.25) is 0 Å². The smallest absolute Gasteiger partial charge is 0.143 e. The van der Waals surface area contributed by atoms with Crippen LogP contribution in [-0.2, 0) is 9.53 Å². The van der Waals surface area contributed by atoms with Crippen LogP contribution in [0.4, 0.5) is 0 Å². The average Bonchev–Trinajstić information content (AvgIpc) is 2.06. The first kappa shape index (κ1) is 10.2. The Hall–Kier alpha value is 0.110. The van der Waals surface area contributed by atoms with Crippen LogP contribution in [0, 0.1) is 5.92 Å². The molecule has 1 aliphatic heterocycles. The van der Waals surface area contributed by atoms with Crippen LogP contribution >= 0.6 is 15.9 Å². The van der Waals surface area contributed by atoms with Gasteiger partial charge in [-0.25, -0.2) is 0 Å². The van der Waals surface area contributed by atoms with E-state index < -0.39 is 0 Å². The summed E-state index contributed by atoms with van der Waals surface area (Å²) in [6.07, 6.45) is 3.18. The predicted octanol–water partition coefficient (Wildman–Crippen LogP) is 2.16. The first-order chi connectivity index (χ1) is 5.70. The van der Waals surface area contributed by atoms with Crippen LogP contribution in [0.15, 0.2) is 0 Å². The molecule has 1 rings (SSSR count). The Morgan fingerprint density at radius 1 is 1.58 bits per heavy atom. The van der Waals surface area contributed by atoms with Crippen molar-refractivity contribution in [2.75, 3.05) is 13.2 Å². The van der Waals surface area contributed by atoms with Crippen molar-refractivity contribution in [3.05, 3.63) is 0 Å². The Bertz CT molecular complexity index is 153. The maximum Gasteiger partial charge on any atom is 0.143 e. The number of ketones is 1. The number of rotatable bonds is 3. The van der Waals surface area contributed by atoms with Gasteiger partial charge in [0.15, 0.2) is 0 Å². The molecule has 1 unspecified atom stereocenters. The van der Waals surface area contributed by atoms with E-state index >= 15 is 0 Å². The van der Waals surface area contributed by atoms with Crippen LogP contribution < -0.4 is 0 Å². The van der Waals surface area contributed by atoms with Gasteiger partial charge in [0.25, 0.3) is 0 Å². The minimum atomic E-state index is 0.0561. The molecular weight excluding hydrogens is 220 g/mol. The summed E-state index contributed by atoms with van der Waals surface area (Å²) in [6.45, 7) is 3.36. The summed E-state index contributed by atoms with van der Waals surface area (Å²) in [5.41, 5.74) is 0. The fourth-order valence-corrected chi connectivity index (χ4v) is 1.97. The maximum absolute atomic E-state index is 10.9. The molecule has 12 heavy (non-hydrogen) atoms. The molecule has 2 nitrogen and oxygen atoms in total. The molecular formula is C9H15BrO2. The topological polar surface area (TPSA) is 26.3 Å². The highest BCUT2D eigenvalue weighted by Gasteiger charge is 2.19. The molecule has 0 N–H and O–H groups in total. The van der Waals surface area contributed by atoms with Crippen LogP contribution in [0.25, 0.3) is 0 Å². The van der Waals surface area contributed by atoms with Gasteiger partial charge in [-0.2, -0.15) is 0 Å². The summed E-state index contributed by atoms with van der Waals surface area (Å²) < 4.78 is 5.24. The Labute approximate surface area is 81.8 Å². The van der Waals surface area contributed by atoms with Gasteiger partial charge in [0.1, 0.15) is 5.78 Å². The third kappa shape index (κ3) is 3.23. The molecule has 0 aromatic rings. The molecule has 1 fully saturated rings. The van der Waals surface area contributed by atoms with Crippen molar-refractivity contribution in [1.82, 2.24) is 0 Å². The maximum atomic E-state index is 10.9. The molecule has 70 valence electrons. The predicted molar refractivity (Wildman–Crippen MR) is 51.6 cm³/mol. The third-order valence-electron chi connectivity index (χ3n) is 2.32. The molecule has 1 atom stereocenters. The summed E-state index contributed by atoms with van der Waals surface area (Å²) in [6, 6.07) is 0. The molecule has 0 aromatic heterocycles. The van der Waals surface area contributed by atoms with Gasteiger partial charge in [-0.1, -0.05) is 15.9 Å². The summed E-state index contributed by atoms with van der Waals surface area (Å²) in [5.74, 6) is 0.911. The second kappa shape index (κ2) is 4.97. The van der Waals surface area contributed by atoms with E-state index in [0.717, 1.165) is 32.5 Å². The zero-order chi connectivity index (χ0) is 8.97. The zero-order valence-corrected chi connectivity index (χ0v) is 8.97. The number of carbonyl (C=O) groups is 1. The number of Topliss-reactive ketones (excluding diaryl/α,β-unsaturated/α-hetero) is 1. The van der Waals surface area contributed by atoms with Gasteiger partial charge in [-0.05, 0) is 32.1 Å². The van der Waals surface area contributed by atoms with E-state index in [4.69, 9.17) is 4.74 Å². The third-order valence-corrected chi connectivity index (χ3v) is 3.34. The van der Waals surface area contributed by atoms with Crippen molar-refractivity contribution >= 4 is 21.7 Å². The van der Waals surface area contributed by atoms with E-state index in [1.165, 1.54) is 0 Å². The molecule has 0 bridgehead atoms. The van der Waals surface area contributed by atoms with Gasteiger partial charge >= 0.3 is 0 Å². The van der Waals surface area contributed by atoms with E-state index in [-0.39, 0.29) is 10.6 Å². The van der Waals surface area contributed by atoms with Crippen LogP contribution in [0.5, 0.6) is 0 Å². The molecule has 0 saturated carbocycles. The van der Waals surface area contributed by atoms with Crippen molar-refractivity contribution in [1.29, 1.82) is 0 Å². The van der Waals surface area contributed by atoms with Crippen LogP contribution in [0.3, 0.4) is 0 Å². The first-order valence-corrected chi connectivity index (χ1v) is 5.34. The quantitative estimate of drug-likeness (QED) is 0.700. The Balaban J connectivity index is 2.24. The van der Waals surface area contributed by atoms with Gasteiger partial charge in [0, 0.05) is 13.2 Å². The summed E-state index contributed by atoms with van der Waals surface area (Å²) in [7, 11) is 0. The minimum absolute atomic E-state index is 0.0561. The number of alkyl halides is 1. The highest BCUT2D eigenvalue weighted by Crippen LogP contribution is 2.23. The minimum Gasteiger partial charge on any atom is -0.381 e. The Morgan fingerprint density at radius 3 is 2.67 bits per heavy atom. The average molecular weight is 235 g/mol. The largest absolute Gasteiger partial charge is 0.381 e. The number of halogens is 1. The lowest BCUT2D eigenvalue weighted by molar-refractivity contribution is -0.116. The van der Waals surface area contributed by atoms with E-state index in [1.807, 2.05) is 0 Å². The lowest BCUT2D eigenvalue weighted by atomic mass is 9.94. The standard InChI is InChI=1S/C9H15BrO2/c1-7(11)9(10)6-8-2-4-12-5-3-8/h8-9H,2-6H2,1H3. The van der Waals surface area contributed by atoms with E-state index in [1.54, 1.807) is 6.92 Å². The molecule has 0 spiro atoms. The first-order valence-electron chi connectivity index (χ1n) is 4.42. The molecule has 0 aliphatic carbocycles. The summed E-state index contributed by atoms with van der Waals surface area (Å²) in [4.78, 5) is 11.0. The van der Waals surface area contributed by atoms with Crippen molar-refractivity contribution in [2.45, 2.75) is 31.0 Å². The van der Waals surface area contributed by atoms with Crippen molar-refractivity contribution in [2.24, 2.45) is 5.92 Å². The molecule has 0 aromatic carbocycles. The SMILES string of the molecule is CC(=O)C(Br)CC1CCOCC1. The molecule has 3 heteroatoms. The molecule has 0 amide bonds. The van der Waals surface area contributed by atoms with Crippen LogP contribution in [-0.4, -0.2) is 23.8 Å². The molecule has 1 heterocycles. The second-order valence-electron chi connectivity index (χ2n) is 3.37. The van der Waals surface area contributed by atoms with Gasteiger partial charge in [-0.3, -0.25) is 4.79 Å². The molecule has 1 saturated heterocycles. The fourth-order valence-electron chi connectivity index (χ4n) is 1.44.